The first-order valence-electron chi connectivity index (χ1n) is 10.4. The van der Waals surface area contributed by atoms with Crippen molar-refractivity contribution < 1.29 is 14.6 Å². The van der Waals surface area contributed by atoms with E-state index in [2.05, 4.69) is 42.1 Å². The summed E-state index contributed by atoms with van der Waals surface area (Å²) in [6.45, 7) is 4.00. The largest absolute Gasteiger partial charge is 0.491 e. The summed E-state index contributed by atoms with van der Waals surface area (Å²) in [7, 11) is 0. The van der Waals surface area contributed by atoms with Gasteiger partial charge < -0.3 is 19.7 Å². The SMILES string of the molecule is O=C(NCc1nnc2n1CCN(Cc1ccc(OCCO)cc1)CC2)c1ccccn1. The number of nitrogens with zero attached hydrogens (tertiary/aromatic N) is 5. The molecule has 9 nitrogen and oxygen atoms in total. The van der Waals surface area contributed by atoms with E-state index in [1.54, 1.807) is 24.4 Å². The Morgan fingerprint density at radius 1 is 1.10 bits per heavy atom. The van der Waals surface area contributed by atoms with E-state index in [1.165, 1.54) is 5.56 Å². The van der Waals surface area contributed by atoms with E-state index in [-0.39, 0.29) is 12.5 Å². The number of hydrogen-bond donors (Lipinski definition) is 2. The van der Waals surface area contributed by atoms with Crippen molar-refractivity contribution in [2.75, 3.05) is 26.3 Å². The zero-order valence-corrected chi connectivity index (χ0v) is 17.3. The van der Waals surface area contributed by atoms with Gasteiger partial charge in [-0.1, -0.05) is 18.2 Å². The Kier molecular flexibility index (Phi) is 6.85. The van der Waals surface area contributed by atoms with Crippen LogP contribution in [0.4, 0.5) is 0 Å². The van der Waals surface area contributed by atoms with Gasteiger partial charge in [-0.15, -0.1) is 10.2 Å². The van der Waals surface area contributed by atoms with Crippen LogP contribution in [0.2, 0.25) is 0 Å². The number of aliphatic hydroxyl groups is 1. The molecule has 2 aromatic heterocycles. The lowest BCUT2D eigenvalue weighted by Gasteiger charge is -2.20. The molecule has 0 aliphatic carbocycles. The highest BCUT2D eigenvalue weighted by atomic mass is 16.5. The maximum atomic E-state index is 12.3. The molecule has 1 aliphatic heterocycles. The number of hydrogen-bond acceptors (Lipinski definition) is 7. The minimum absolute atomic E-state index is 0.00797. The molecule has 3 heterocycles. The van der Waals surface area contributed by atoms with Crippen molar-refractivity contribution in [3.63, 3.8) is 0 Å². The van der Waals surface area contributed by atoms with Crippen LogP contribution in [-0.2, 0) is 26.1 Å². The van der Waals surface area contributed by atoms with E-state index in [0.717, 1.165) is 50.0 Å². The van der Waals surface area contributed by atoms with Gasteiger partial charge in [0.1, 0.15) is 23.9 Å². The highest BCUT2D eigenvalue weighted by molar-refractivity contribution is 5.92. The van der Waals surface area contributed by atoms with Gasteiger partial charge in [-0.2, -0.15) is 0 Å². The van der Waals surface area contributed by atoms with Crippen molar-refractivity contribution >= 4 is 5.91 Å². The molecule has 1 amide bonds. The monoisotopic (exact) mass is 422 g/mol. The summed E-state index contributed by atoms with van der Waals surface area (Å²) in [5.74, 6) is 2.24. The number of aromatic nitrogens is 4. The fourth-order valence-electron chi connectivity index (χ4n) is 3.58. The highest BCUT2D eigenvalue weighted by Crippen LogP contribution is 2.16. The molecular formula is C22H26N6O3. The Morgan fingerprint density at radius 2 is 1.97 bits per heavy atom. The topological polar surface area (TPSA) is 105 Å². The second kappa shape index (κ2) is 10.1. The lowest BCUT2D eigenvalue weighted by atomic mass is 10.2. The first-order valence-corrected chi connectivity index (χ1v) is 10.4. The van der Waals surface area contributed by atoms with Crippen LogP contribution in [0.25, 0.3) is 0 Å². The molecule has 3 aromatic rings. The van der Waals surface area contributed by atoms with Crippen molar-refractivity contribution in [3.05, 3.63) is 71.6 Å². The van der Waals surface area contributed by atoms with Crippen molar-refractivity contribution in [2.24, 2.45) is 0 Å². The second-order valence-electron chi connectivity index (χ2n) is 7.32. The third-order valence-corrected chi connectivity index (χ3v) is 5.19. The van der Waals surface area contributed by atoms with Gasteiger partial charge in [0.25, 0.3) is 5.91 Å². The van der Waals surface area contributed by atoms with Crippen molar-refractivity contribution in [1.29, 1.82) is 0 Å². The number of carbonyl (C=O) groups is 1. The summed E-state index contributed by atoms with van der Waals surface area (Å²) in [6, 6.07) is 13.2. The average Bonchev–Trinajstić information content (AvgIpc) is 3.09. The van der Waals surface area contributed by atoms with E-state index in [4.69, 9.17) is 9.84 Å². The molecule has 0 radical (unpaired) electrons. The third kappa shape index (κ3) is 5.44. The second-order valence-corrected chi connectivity index (χ2v) is 7.32. The van der Waals surface area contributed by atoms with Gasteiger partial charge in [-0.3, -0.25) is 14.7 Å². The number of carbonyl (C=O) groups excluding carboxylic acids is 1. The average molecular weight is 422 g/mol. The first-order chi connectivity index (χ1) is 15.2. The fraction of sp³-hybridized carbons (Fsp3) is 0.364. The van der Waals surface area contributed by atoms with Crippen molar-refractivity contribution in [1.82, 2.24) is 30.0 Å². The standard InChI is InChI=1S/C22H26N6O3/c29-13-14-31-18-6-4-17(5-7-18)16-27-10-8-20-25-26-21(28(20)12-11-27)15-24-22(30)19-3-1-2-9-23-19/h1-7,9,29H,8,10-16H2,(H,24,30). The van der Waals surface area contributed by atoms with Crippen LogP contribution in [-0.4, -0.2) is 62.0 Å². The lowest BCUT2D eigenvalue weighted by Crippen LogP contribution is -2.28. The van der Waals surface area contributed by atoms with Crippen LogP contribution in [0, 0.1) is 0 Å². The van der Waals surface area contributed by atoms with Gasteiger partial charge in [0, 0.05) is 38.8 Å². The molecular weight excluding hydrogens is 396 g/mol. The Labute approximate surface area is 180 Å². The molecule has 0 unspecified atom stereocenters. The number of benzene rings is 1. The van der Waals surface area contributed by atoms with E-state index < -0.39 is 0 Å². The van der Waals surface area contributed by atoms with Gasteiger partial charge in [0.2, 0.25) is 0 Å². The minimum Gasteiger partial charge on any atom is -0.491 e. The summed E-state index contributed by atoms with van der Waals surface area (Å²) in [5.41, 5.74) is 1.59. The van der Waals surface area contributed by atoms with Crippen molar-refractivity contribution in [3.8, 4) is 5.75 Å². The van der Waals surface area contributed by atoms with Crippen LogP contribution < -0.4 is 10.1 Å². The summed E-state index contributed by atoms with van der Waals surface area (Å²) >= 11 is 0. The number of ether oxygens (including phenoxy) is 1. The van der Waals surface area contributed by atoms with Gasteiger partial charge in [-0.05, 0) is 29.8 Å². The van der Waals surface area contributed by atoms with Gasteiger partial charge >= 0.3 is 0 Å². The van der Waals surface area contributed by atoms with E-state index >= 15 is 0 Å². The molecule has 31 heavy (non-hydrogen) atoms. The number of pyridine rings is 1. The van der Waals surface area contributed by atoms with E-state index in [0.29, 0.717) is 18.8 Å². The molecule has 0 fully saturated rings. The molecule has 9 heteroatoms. The summed E-state index contributed by atoms with van der Waals surface area (Å²) in [5, 5.41) is 20.3. The Balaban J connectivity index is 1.32. The maximum Gasteiger partial charge on any atom is 0.270 e. The fourth-order valence-corrected chi connectivity index (χ4v) is 3.58. The number of amides is 1. The third-order valence-electron chi connectivity index (χ3n) is 5.19. The summed E-state index contributed by atoms with van der Waals surface area (Å²) in [4.78, 5) is 18.7. The summed E-state index contributed by atoms with van der Waals surface area (Å²) < 4.78 is 7.52. The van der Waals surface area contributed by atoms with E-state index in [9.17, 15) is 4.79 Å². The maximum absolute atomic E-state index is 12.3. The lowest BCUT2D eigenvalue weighted by molar-refractivity contribution is 0.0944. The zero-order chi connectivity index (χ0) is 21.5. The number of aliphatic hydroxyl groups excluding tert-OH is 1. The van der Waals surface area contributed by atoms with Gasteiger partial charge in [-0.25, -0.2) is 0 Å². The molecule has 2 N–H and O–H groups in total. The molecule has 162 valence electrons. The molecule has 0 atom stereocenters. The predicted molar refractivity (Wildman–Crippen MR) is 113 cm³/mol. The van der Waals surface area contributed by atoms with Crippen LogP contribution in [0.1, 0.15) is 27.7 Å². The normalized spacial score (nSPS) is 14.0. The molecule has 1 aromatic carbocycles. The molecule has 4 rings (SSSR count). The van der Waals surface area contributed by atoms with Gasteiger partial charge in [0.05, 0.1) is 13.2 Å². The number of rotatable bonds is 8. The molecule has 0 bridgehead atoms. The number of nitrogens with one attached hydrogen (secondary N) is 1. The van der Waals surface area contributed by atoms with Crippen LogP contribution in [0.3, 0.4) is 0 Å². The van der Waals surface area contributed by atoms with E-state index in [1.807, 2.05) is 12.1 Å². The number of fused-ring (bicyclic) bond motifs is 1. The predicted octanol–water partition coefficient (Wildman–Crippen LogP) is 1.03. The molecule has 0 saturated carbocycles. The van der Waals surface area contributed by atoms with Crippen molar-refractivity contribution in [2.45, 2.75) is 26.1 Å². The Bertz CT molecular complexity index is 990. The van der Waals surface area contributed by atoms with Crippen LogP contribution >= 0.6 is 0 Å². The minimum atomic E-state index is -0.223. The highest BCUT2D eigenvalue weighted by Gasteiger charge is 2.19. The Hall–Kier alpha value is -3.30. The first kappa shape index (κ1) is 21.0. The molecule has 0 spiro atoms. The molecule has 1 aliphatic rings. The Morgan fingerprint density at radius 3 is 2.74 bits per heavy atom. The smallest absolute Gasteiger partial charge is 0.270 e. The van der Waals surface area contributed by atoms with Gasteiger partial charge in [0.15, 0.2) is 5.82 Å². The molecule has 0 saturated heterocycles. The zero-order valence-electron chi connectivity index (χ0n) is 17.3. The van der Waals surface area contributed by atoms with Crippen LogP contribution in [0.5, 0.6) is 5.75 Å². The quantitative estimate of drug-likeness (QED) is 0.559. The summed E-state index contributed by atoms with van der Waals surface area (Å²) in [6.07, 6.45) is 2.40. The van der Waals surface area contributed by atoms with Crippen LogP contribution in [0.15, 0.2) is 48.7 Å².